The lowest BCUT2D eigenvalue weighted by Crippen LogP contribution is -2.26. The third-order valence-electron chi connectivity index (χ3n) is 5.14. The van der Waals surface area contributed by atoms with Gasteiger partial charge in [0.05, 0.1) is 18.8 Å². The van der Waals surface area contributed by atoms with Gasteiger partial charge in [-0.2, -0.15) is 5.10 Å². The van der Waals surface area contributed by atoms with Gasteiger partial charge in [0.15, 0.2) is 5.65 Å². The number of anilines is 1. The monoisotopic (exact) mass is 415 g/mol. The molecule has 1 amide bonds. The predicted molar refractivity (Wildman–Crippen MR) is 106 cm³/mol. The zero-order chi connectivity index (χ0) is 21.3. The Kier molecular flexibility index (Phi) is 5.51. The Hall–Kier alpha value is -3.24. The summed E-state index contributed by atoms with van der Waals surface area (Å²) in [7, 11) is 0. The number of carbonyl (C=O) groups is 1. The number of nitrogens with two attached hydrogens (primary N) is 1. The van der Waals surface area contributed by atoms with E-state index in [1.54, 1.807) is 12.3 Å². The van der Waals surface area contributed by atoms with Gasteiger partial charge in [-0.3, -0.25) is 4.79 Å². The standard InChI is InChI=1S/C20H22FN5O4/c21-12-3-4-17(30-11-13(28)10-27)14(8-12)16-2-1-6-25(16)18-5-7-26-20(24-18)15(9-23-26)19(22)29/h3-5,7-9,13,16,27-28H,1-2,6,10-11H2,(H2,22,29). The molecule has 0 radical (unpaired) electrons. The molecule has 2 atom stereocenters. The fraction of sp³-hybridized carbons (Fsp3) is 0.350. The Labute approximate surface area is 171 Å². The van der Waals surface area contributed by atoms with E-state index in [4.69, 9.17) is 15.6 Å². The van der Waals surface area contributed by atoms with Crippen LogP contribution in [0.4, 0.5) is 10.2 Å². The minimum absolute atomic E-state index is 0.107. The van der Waals surface area contributed by atoms with Crippen molar-refractivity contribution < 1.29 is 24.1 Å². The van der Waals surface area contributed by atoms with E-state index in [1.807, 2.05) is 4.90 Å². The highest BCUT2D eigenvalue weighted by Crippen LogP contribution is 2.39. The van der Waals surface area contributed by atoms with Crippen LogP contribution in [0, 0.1) is 5.82 Å². The van der Waals surface area contributed by atoms with Gasteiger partial charge in [0.1, 0.15) is 35.7 Å². The highest BCUT2D eigenvalue weighted by Gasteiger charge is 2.30. The number of ether oxygens (including phenoxy) is 1. The van der Waals surface area contributed by atoms with Gasteiger partial charge in [0.2, 0.25) is 0 Å². The number of carbonyl (C=O) groups excluding carboxylic acids is 1. The van der Waals surface area contributed by atoms with Crippen molar-refractivity contribution in [2.24, 2.45) is 5.73 Å². The van der Waals surface area contributed by atoms with Crippen LogP contribution in [0.5, 0.6) is 5.75 Å². The van der Waals surface area contributed by atoms with E-state index < -0.39 is 24.4 Å². The molecule has 1 aliphatic rings. The van der Waals surface area contributed by atoms with Crippen molar-refractivity contribution in [1.82, 2.24) is 14.6 Å². The molecule has 3 heterocycles. The van der Waals surface area contributed by atoms with Gasteiger partial charge in [-0.25, -0.2) is 13.9 Å². The Morgan fingerprint density at radius 3 is 3.00 bits per heavy atom. The van der Waals surface area contributed by atoms with E-state index in [1.165, 1.54) is 28.9 Å². The van der Waals surface area contributed by atoms with Crippen molar-refractivity contribution in [3.63, 3.8) is 0 Å². The van der Waals surface area contributed by atoms with Crippen LogP contribution in [0.2, 0.25) is 0 Å². The summed E-state index contributed by atoms with van der Waals surface area (Å²) < 4.78 is 21.2. The average molecular weight is 415 g/mol. The maximum Gasteiger partial charge on any atom is 0.254 e. The average Bonchev–Trinajstić information content (AvgIpc) is 3.39. The molecule has 0 bridgehead atoms. The molecule has 0 spiro atoms. The molecule has 4 rings (SSSR count). The molecule has 1 aliphatic heterocycles. The van der Waals surface area contributed by atoms with Crippen LogP contribution in [0.1, 0.15) is 34.8 Å². The summed E-state index contributed by atoms with van der Waals surface area (Å²) in [6.45, 7) is 0.149. The van der Waals surface area contributed by atoms with Crippen LogP contribution in [0.3, 0.4) is 0 Å². The highest BCUT2D eigenvalue weighted by atomic mass is 19.1. The van der Waals surface area contributed by atoms with Gasteiger partial charge < -0.3 is 25.6 Å². The number of hydrogen-bond donors (Lipinski definition) is 3. The lowest BCUT2D eigenvalue weighted by Gasteiger charge is -2.28. The normalized spacial score (nSPS) is 17.4. The number of aliphatic hydroxyl groups is 2. The number of aliphatic hydroxyl groups excluding tert-OH is 2. The second kappa shape index (κ2) is 8.25. The lowest BCUT2D eigenvalue weighted by atomic mass is 10.0. The van der Waals surface area contributed by atoms with E-state index in [2.05, 4.69) is 10.1 Å². The summed E-state index contributed by atoms with van der Waals surface area (Å²) in [5.41, 5.74) is 6.61. The van der Waals surface area contributed by atoms with Crippen molar-refractivity contribution in [2.45, 2.75) is 25.0 Å². The summed E-state index contributed by atoms with van der Waals surface area (Å²) in [6, 6.07) is 5.79. The van der Waals surface area contributed by atoms with E-state index in [-0.39, 0.29) is 18.2 Å². The zero-order valence-corrected chi connectivity index (χ0v) is 16.1. The van der Waals surface area contributed by atoms with Crippen molar-refractivity contribution in [3.8, 4) is 5.75 Å². The molecule has 1 fully saturated rings. The first-order valence-corrected chi connectivity index (χ1v) is 9.60. The Morgan fingerprint density at radius 2 is 2.23 bits per heavy atom. The molecule has 0 saturated carbocycles. The topological polar surface area (TPSA) is 126 Å². The Balaban J connectivity index is 1.69. The molecule has 1 aromatic carbocycles. The first kappa shape index (κ1) is 20.0. The maximum atomic E-state index is 14.1. The zero-order valence-electron chi connectivity index (χ0n) is 16.1. The van der Waals surface area contributed by atoms with E-state index in [0.29, 0.717) is 29.3 Å². The third-order valence-corrected chi connectivity index (χ3v) is 5.14. The molecule has 2 unspecified atom stereocenters. The van der Waals surface area contributed by atoms with Crippen molar-refractivity contribution in [2.75, 3.05) is 24.7 Å². The second-order valence-electron chi connectivity index (χ2n) is 7.16. The molecule has 4 N–H and O–H groups in total. The third kappa shape index (κ3) is 3.79. The molecular weight excluding hydrogens is 393 g/mol. The number of amides is 1. The van der Waals surface area contributed by atoms with Gasteiger partial charge in [-0.1, -0.05) is 0 Å². The Bertz CT molecular complexity index is 1070. The summed E-state index contributed by atoms with van der Waals surface area (Å²) in [5, 5.41) is 22.7. The minimum atomic E-state index is -1.03. The van der Waals surface area contributed by atoms with Crippen LogP contribution in [-0.2, 0) is 0 Å². The minimum Gasteiger partial charge on any atom is -0.490 e. The SMILES string of the molecule is NC(=O)c1cnn2ccc(N3CCCC3c3cc(F)ccc3OCC(O)CO)nc12. The molecule has 2 aromatic heterocycles. The van der Waals surface area contributed by atoms with Crippen LogP contribution < -0.4 is 15.4 Å². The smallest absolute Gasteiger partial charge is 0.254 e. The number of nitrogens with zero attached hydrogens (tertiary/aromatic N) is 4. The predicted octanol–water partition coefficient (Wildman–Crippen LogP) is 1.04. The molecule has 3 aromatic rings. The molecule has 9 nitrogen and oxygen atoms in total. The molecule has 10 heteroatoms. The van der Waals surface area contributed by atoms with E-state index in [9.17, 15) is 14.3 Å². The van der Waals surface area contributed by atoms with Crippen LogP contribution >= 0.6 is 0 Å². The first-order valence-electron chi connectivity index (χ1n) is 9.60. The van der Waals surface area contributed by atoms with E-state index >= 15 is 0 Å². The van der Waals surface area contributed by atoms with Crippen LogP contribution in [-0.4, -0.2) is 56.6 Å². The number of fused-ring (bicyclic) bond motifs is 1. The van der Waals surface area contributed by atoms with Gasteiger partial charge >= 0.3 is 0 Å². The number of rotatable bonds is 7. The molecule has 0 aliphatic carbocycles. The van der Waals surface area contributed by atoms with Crippen molar-refractivity contribution in [3.05, 3.63) is 53.6 Å². The van der Waals surface area contributed by atoms with Gasteiger partial charge in [-0.05, 0) is 37.1 Å². The van der Waals surface area contributed by atoms with Gasteiger partial charge in [-0.15, -0.1) is 0 Å². The molecule has 158 valence electrons. The molecule has 1 saturated heterocycles. The van der Waals surface area contributed by atoms with Crippen molar-refractivity contribution in [1.29, 1.82) is 0 Å². The second-order valence-corrected chi connectivity index (χ2v) is 7.16. The number of benzene rings is 1. The largest absolute Gasteiger partial charge is 0.490 e. The number of aromatic nitrogens is 3. The number of primary amides is 1. The van der Waals surface area contributed by atoms with Gasteiger partial charge in [0.25, 0.3) is 5.91 Å². The van der Waals surface area contributed by atoms with Gasteiger partial charge in [0, 0.05) is 18.3 Å². The number of halogens is 1. The Morgan fingerprint density at radius 1 is 1.40 bits per heavy atom. The highest BCUT2D eigenvalue weighted by molar-refractivity contribution is 5.98. The summed E-state index contributed by atoms with van der Waals surface area (Å²) in [4.78, 5) is 18.2. The summed E-state index contributed by atoms with van der Waals surface area (Å²) in [5.74, 6) is 0.0284. The molecular formula is C20H22FN5O4. The summed E-state index contributed by atoms with van der Waals surface area (Å²) in [6.07, 6.45) is 3.65. The molecule has 30 heavy (non-hydrogen) atoms. The van der Waals surface area contributed by atoms with Crippen LogP contribution in [0.15, 0.2) is 36.7 Å². The summed E-state index contributed by atoms with van der Waals surface area (Å²) >= 11 is 0. The quantitative estimate of drug-likeness (QED) is 0.526. The van der Waals surface area contributed by atoms with Crippen molar-refractivity contribution >= 4 is 17.4 Å². The number of hydrogen-bond acceptors (Lipinski definition) is 7. The van der Waals surface area contributed by atoms with E-state index in [0.717, 1.165) is 12.8 Å². The van der Waals surface area contributed by atoms with Crippen LogP contribution in [0.25, 0.3) is 5.65 Å². The fourth-order valence-corrected chi connectivity index (χ4v) is 3.71. The first-order chi connectivity index (χ1) is 14.5. The lowest BCUT2D eigenvalue weighted by molar-refractivity contribution is 0.0531. The maximum absolute atomic E-state index is 14.1. The fourth-order valence-electron chi connectivity index (χ4n) is 3.71.